The highest BCUT2D eigenvalue weighted by Crippen LogP contribution is 2.28. The van der Waals surface area contributed by atoms with E-state index < -0.39 is 50.0 Å². The average Bonchev–Trinajstić information content (AvgIpc) is 2.71. The highest BCUT2D eigenvalue weighted by Gasteiger charge is 2.33. The Morgan fingerprint density at radius 1 is 0.774 bits per heavy atom. The summed E-state index contributed by atoms with van der Waals surface area (Å²) >= 11 is 0. The molecule has 5 nitrogen and oxygen atoms in total. The van der Waals surface area contributed by atoms with Crippen molar-refractivity contribution in [3.63, 3.8) is 0 Å². The summed E-state index contributed by atoms with van der Waals surface area (Å²) in [5, 5.41) is 4.06. The van der Waals surface area contributed by atoms with Crippen LogP contribution in [0.4, 0.5) is 17.6 Å². The van der Waals surface area contributed by atoms with E-state index in [1.165, 1.54) is 36.4 Å². The van der Waals surface area contributed by atoms with E-state index in [4.69, 9.17) is 4.74 Å². The second-order valence-corrected chi connectivity index (χ2v) is 7.19. The van der Waals surface area contributed by atoms with E-state index in [0.29, 0.717) is 11.1 Å². The van der Waals surface area contributed by atoms with Crippen molar-refractivity contribution in [2.24, 2.45) is 0 Å². The molecule has 0 heterocycles. The Morgan fingerprint density at radius 2 is 1.16 bits per heavy atom. The normalized spacial score (nSPS) is 11.8. The van der Waals surface area contributed by atoms with Gasteiger partial charge < -0.3 is 15.4 Å². The Kier molecular flexibility index (Phi) is 8.15. The van der Waals surface area contributed by atoms with Crippen LogP contribution in [0.15, 0.2) is 48.5 Å². The molecule has 0 aromatic heterocycles. The molecule has 168 valence electrons. The number of hydrogen-bond donors (Lipinski definition) is 2. The molecule has 0 spiro atoms. The molecule has 2 rings (SSSR count). The topological polar surface area (TPSA) is 67.4 Å². The minimum absolute atomic E-state index is 0.234. The third kappa shape index (κ3) is 7.67. The first-order valence-corrected chi connectivity index (χ1v) is 9.51. The van der Waals surface area contributed by atoms with Crippen LogP contribution in [0.25, 0.3) is 0 Å². The van der Waals surface area contributed by atoms with Crippen molar-refractivity contribution in [1.29, 1.82) is 0 Å². The zero-order valence-electron chi connectivity index (χ0n) is 17.2. The molecule has 9 heteroatoms. The van der Waals surface area contributed by atoms with E-state index >= 15 is 0 Å². The number of nitrogens with one attached hydrogen (secondary N) is 2. The lowest BCUT2D eigenvalue weighted by atomic mass is 10.1. The van der Waals surface area contributed by atoms with Gasteiger partial charge in [0, 0.05) is 11.1 Å². The van der Waals surface area contributed by atoms with Crippen molar-refractivity contribution in [3.8, 4) is 0 Å². The van der Waals surface area contributed by atoms with Gasteiger partial charge in [0.05, 0.1) is 13.1 Å². The molecular weight excluding hydrogens is 416 g/mol. The zero-order valence-corrected chi connectivity index (χ0v) is 17.2. The maximum atomic E-state index is 14.1. The molecule has 0 radical (unpaired) electrons. The summed E-state index contributed by atoms with van der Waals surface area (Å²) in [5.74, 6) is -8.27. The molecule has 31 heavy (non-hydrogen) atoms. The number of alkyl halides is 4. The molecule has 2 aromatic carbocycles. The standard InChI is InChI=1S/C22H24F4N2O3/c1-15-5-3-7-17(9-15)21(23,24)13-27-19(29)11-31-12-20(30)28-14-22(25,26)18-8-4-6-16(2)10-18/h3-10H,11-14H2,1-2H3,(H,27,29)(H,28,30). The fraction of sp³-hybridized carbons (Fsp3) is 0.364. The van der Waals surface area contributed by atoms with E-state index in [2.05, 4.69) is 0 Å². The van der Waals surface area contributed by atoms with Crippen LogP contribution in [0.2, 0.25) is 0 Å². The fourth-order valence-electron chi connectivity index (χ4n) is 2.71. The predicted octanol–water partition coefficient (Wildman–Crippen LogP) is 3.44. The van der Waals surface area contributed by atoms with Gasteiger partial charge in [-0.2, -0.15) is 17.6 Å². The summed E-state index contributed by atoms with van der Waals surface area (Å²) in [5.41, 5.74) is 0.849. The van der Waals surface area contributed by atoms with Crippen LogP contribution < -0.4 is 10.6 Å². The van der Waals surface area contributed by atoms with Crippen molar-refractivity contribution in [1.82, 2.24) is 10.6 Å². The van der Waals surface area contributed by atoms with Crippen LogP contribution in [0.3, 0.4) is 0 Å². The molecule has 0 saturated carbocycles. The molecule has 0 aliphatic carbocycles. The number of rotatable bonds is 10. The first-order valence-electron chi connectivity index (χ1n) is 9.51. The first kappa shape index (κ1) is 24.3. The van der Waals surface area contributed by atoms with E-state index in [1.807, 2.05) is 10.6 Å². The summed E-state index contributed by atoms with van der Waals surface area (Å²) in [6.07, 6.45) is 0. The van der Waals surface area contributed by atoms with Crippen LogP contribution >= 0.6 is 0 Å². The maximum Gasteiger partial charge on any atom is 0.290 e. The van der Waals surface area contributed by atoms with Crippen LogP contribution in [-0.4, -0.2) is 38.1 Å². The van der Waals surface area contributed by atoms with Gasteiger partial charge in [-0.05, 0) is 13.8 Å². The second-order valence-electron chi connectivity index (χ2n) is 7.19. The summed E-state index contributed by atoms with van der Waals surface area (Å²) in [6.45, 7) is 0.153. The predicted molar refractivity (Wildman–Crippen MR) is 107 cm³/mol. The Labute approximate surface area is 177 Å². The van der Waals surface area contributed by atoms with Crippen LogP contribution in [-0.2, 0) is 26.2 Å². The van der Waals surface area contributed by atoms with Gasteiger partial charge in [0.25, 0.3) is 11.8 Å². The lowest BCUT2D eigenvalue weighted by molar-refractivity contribution is -0.133. The van der Waals surface area contributed by atoms with Crippen molar-refractivity contribution in [2.75, 3.05) is 26.3 Å². The lowest BCUT2D eigenvalue weighted by Gasteiger charge is -2.18. The highest BCUT2D eigenvalue weighted by molar-refractivity contribution is 5.79. The molecule has 0 saturated heterocycles. The molecular formula is C22H24F4N2O3. The number of ether oxygens (including phenoxy) is 1. The van der Waals surface area contributed by atoms with Crippen molar-refractivity contribution >= 4 is 11.8 Å². The number of hydrogen-bond acceptors (Lipinski definition) is 3. The maximum absolute atomic E-state index is 14.1. The number of halogens is 4. The van der Waals surface area contributed by atoms with Gasteiger partial charge in [-0.15, -0.1) is 0 Å². The van der Waals surface area contributed by atoms with Crippen LogP contribution in [0.1, 0.15) is 22.3 Å². The number of aryl methyl sites for hydroxylation is 2. The summed E-state index contributed by atoms with van der Waals surface area (Å²) in [4.78, 5) is 23.4. The molecule has 2 aromatic rings. The number of benzene rings is 2. The number of amides is 2. The smallest absolute Gasteiger partial charge is 0.290 e. The molecule has 0 aliphatic rings. The van der Waals surface area contributed by atoms with Gasteiger partial charge in [0.15, 0.2) is 0 Å². The van der Waals surface area contributed by atoms with Gasteiger partial charge in [0.2, 0.25) is 11.8 Å². The molecule has 0 bridgehead atoms. The van der Waals surface area contributed by atoms with Gasteiger partial charge in [-0.3, -0.25) is 9.59 Å². The SMILES string of the molecule is Cc1cccc(C(F)(F)CNC(=O)COCC(=O)NCC(F)(F)c2cccc(C)c2)c1. The molecule has 0 fully saturated rings. The molecule has 0 aliphatic heterocycles. The molecule has 2 amide bonds. The van der Waals surface area contributed by atoms with Gasteiger partial charge in [0.1, 0.15) is 13.2 Å². The van der Waals surface area contributed by atoms with E-state index in [-0.39, 0.29) is 11.1 Å². The first-order chi connectivity index (χ1) is 14.5. The molecule has 0 atom stereocenters. The van der Waals surface area contributed by atoms with Gasteiger partial charge in [-0.25, -0.2) is 0 Å². The fourth-order valence-corrected chi connectivity index (χ4v) is 2.71. The van der Waals surface area contributed by atoms with Crippen LogP contribution in [0, 0.1) is 13.8 Å². The van der Waals surface area contributed by atoms with Crippen molar-refractivity contribution in [3.05, 3.63) is 70.8 Å². The summed E-state index contributed by atoms with van der Waals surface area (Å²) in [7, 11) is 0. The van der Waals surface area contributed by atoms with E-state index in [0.717, 1.165) is 0 Å². The Morgan fingerprint density at radius 3 is 1.52 bits per heavy atom. The minimum Gasteiger partial charge on any atom is -0.362 e. The molecule has 2 N–H and O–H groups in total. The highest BCUT2D eigenvalue weighted by atomic mass is 19.3. The van der Waals surface area contributed by atoms with Crippen molar-refractivity contribution < 1.29 is 31.9 Å². The zero-order chi connectivity index (χ0) is 23.1. The largest absolute Gasteiger partial charge is 0.362 e. The van der Waals surface area contributed by atoms with E-state index in [9.17, 15) is 27.2 Å². The third-order valence-electron chi connectivity index (χ3n) is 4.36. The quantitative estimate of drug-likeness (QED) is 0.557. The molecule has 0 unspecified atom stereocenters. The van der Waals surface area contributed by atoms with Gasteiger partial charge in [-0.1, -0.05) is 59.7 Å². The average molecular weight is 440 g/mol. The lowest BCUT2D eigenvalue weighted by Crippen LogP contribution is -2.39. The Balaban J connectivity index is 1.71. The Bertz CT molecular complexity index is 846. The van der Waals surface area contributed by atoms with E-state index in [1.54, 1.807) is 26.0 Å². The summed E-state index contributed by atoms with van der Waals surface area (Å²) in [6, 6.07) is 11.5. The van der Waals surface area contributed by atoms with Crippen LogP contribution in [0.5, 0.6) is 0 Å². The van der Waals surface area contributed by atoms with Crippen molar-refractivity contribution in [2.45, 2.75) is 25.7 Å². The minimum atomic E-state index is -3.28. The third-order valence-corrected chi connectivity index (χ3v) is 4.36. The Hall–Kier alpha value is -2.94. The number of carbonyl (C=O) groups excluding carboxylic acids is 2. The summed E-state index contributed by atoms with van der Waals surface area (Å²) < 4.78 is 61.4. The van der Waals surface area contributed by atoms with Gasteiger partial charge >= 0.3 is 0 Å². The number of carbonyl (C=O) groups is 2. The second kappa shape index (κ2) is 10.4. The monoisotopic (exact) mass is 440 g/mol.